The molecule has 10 heteroatoms. The zero-order chi connectivity index (χ0) is 19.4. The number of hydrogen-bond acceptors (Lipinski definition) is 7. The second-order valence-corrected chi connectivity index (χ2v) is 7.58. The number of aromatic nitrogens is 2. The molecule has 2 amide bonds. The van der Waals surface area contributed by atoms with E-state index in [0.717, 1.165) is 24.5 Å². The number of amides is 2. The average molecular weight is 410 g/mol. The van der Waals surface area contributed by atoms with E-state index in [9.17, 15) is 9.59 Å². The molecule has 1 aliphatic rings. The third-order valence-electron chi connectivity index (χ3n) is 4.32. The molecule has 0 radical (unpaired) electrons. The summed E-state index contributed by atoms with van der Waals surface area (Å²) in [5.41, 5.74) is 0.457. The van der Waals surface area contributed by atoms with E-state index >= 15 is 0 Å². The van der Waals surface area contributed by atoms with Crippen molar-refractivity contribution in [3.05, 3.63) is 28.8 Å². The minimum absolute atomic E-state index is 0.206. The second kappa shape index (κ2) is 8.53. The van der Waals surface area contributed by atoms with Crippen LogP contribution in [0.1, 0.15) is 36.5 Å². The Morgan fingerprint density at radius 3 is 2.85 bits per heavy atom. The van der Waals surface area contributed by atoms with Crippen molar-refractivity contribution in [1.82, 2.24) is 10.2 Å². The molecule has 3 rings (SSSR count). The number of methoxy groups -OCH3 is 1. The Morgan fingerprint density at radius 2 is 2.11 bits per heavy atom. The minimum atomic E-state index is -0.570. The number of nitrogens with zero attached hydrogens (tertiary/aromatic N) is 3. The van der Waals surface area contributed by atoms with E-state index in [1.54, 1.807) is 6.07 Å². The number of ether oxygens (including phenoxy) is 1. The zero-order valence-electron chi connectivity index (χ0n) is 15.0. The highest BCUT2D eigenvalue weighted by molar-refractivity contribution is 7.19. The maximum atomic E-state index is 12.3. The zero-order valence-corrected chi connectivity index (χ0v) is 16.6. The molecular formula is C17H20ClN5O3S. The lowest BCUT2D eigenvalue weighted by Gasteiger charge is -2.32. The molecule has 1 saturated heterocycles. The highest BCUT2D eigenvalue weighted by Crippen LogP contribution is 2.30. The van der Waals surface area contributed by atoms with Crippen LogP contribution in [0.15, 0.2) is 18.2 Å². The molecular weight excluding hydrogens is 390 g/mol. The Morgan fingerprint density at radius 1 is 1.30 bits per heavy atom. The summed E-state index contributed by atoms with van der Waals surface area (Å²) >= 11 is 7.28. The van der Waals surface area contributed by atoms with Crippen LogP contribution < -0.4 is 15.5 Å². The third kappa shape index (κ3) is 4.67. The van der Waals surface area contributed by atoms with Crippen LogP contribution in [0, 0.1) is 0 Å². The number of anilines is 3. The number of esters is 1. The number of benzene rings is 1. The molecule has 0 saturated carbocycles. The van der Waals surface area contributed by atoms with Gasteiger partial charge in [-0.2, -0.15) is 0 Å². The normalized spacial score (nSPS) is 16.7. The highest BCUT2D eigenvalue weighted by Gasteiger charge is 2.22. The van der Waals surface area contributed by atoms with Crippen molar-refractivity contribution in [1.29, 1.82) is 0 Å². The standard InChI is InChI=1S/C17H20ClN5O3S/c1-10-5-3-4-8-23(10)17-22-21-16(27-17)20-15(25)19-13-9-11(18)6-7-12(13)14(24)26-2/h6-7,9-10H,3-5,8H2,1-2H3,(H2,19,20,21,25)/t10-/m0/s1. The quantitative estimate of drug-likeness (QED) is 0.741. The maximum absolute atomic E-state index is 12.3. The molecule has 144 valence electrons. The van der Waals surface area contributed by atoms with E-state index in [4.69, 9.17) is 16.3 Å². The molecule has 0 aliphatic carbocycles. The first kappa shape index (κ1) is 19.4. The largest absolute Gasteiger partial charge is 0.465 e. The summed E-state index contributed by atoms with van der Waals surface area (Å²) in [7, 11) is 1.27. The summed E-state index contributed by atoms with van der Waals surface area (Å²) in [6.45, 7) is 3.10. The number of carbonyl (C=O) groups is 2. The highest BCUT2D eigenvalue weighted by atomic mass is 35.5. The average Bonchev–Trinajstić information content (AvgIpc) is 3.09. The fourth-order valence-corrected chi connectivity index (χ4v) is 3.96. The molecule has 0 bridgehead atoms. The lowest BCUT2D eigenvalue weighted by Crippen LogP contribution is -2.37. The van der Waals surface area contributed by atoms with Crippen molar-refractivity contribution in [2.24, 2.45) is 0 Å². The van der Waals surface area contributed by atoms with Crippen molar-refractivity contribution in [3.63, 3.8) is 0 Å². The molecule has 8 nitrogen and oxygen atoms in total. The van der Waals surface area contributed by atoms with Crippen molar-refractivity contribution < 1.29 is 14.3 Å². The van der Waals surface area contributed by atoms with Gasteiger partial charge in [0.1, 0.15) is 0 Å². The summed E-state index contributed by atoms with van der Waals surface area (Å²) in [4.78, 5) is 26.4. The van der Waals surface area contributed by atoms with Crippen LogP contribution in [0.5, 0.6) is 0 Å². The SMILES string of the molecule is COC(=O)c1ccc(Cl)cc1NC(=O)Nc1nnc(N2CCCC[C@@H]2C)s1. The van der Waals surface area contributed by atoms with Gasteiger partial charge in [-0.1, -0.05) is 22.9 Å². The number of hydrogen-bond donors (Lipinski definition) is 2. The van der Waals surface area contributed by atoms with Gasteiger partial charge in [-0.15, -0.1) is 10.2 Å². The molecule has 2 aromatic rings. The summed E-state index contributed by atoms with van der Waals surface area (Å²) < 4.78 is 4.72. The Balaban J connectivity index is 1.68. The number of piperidine rings is 1. The van der Waals surface area contributed by atoms with E-state index < -0.39 is 12.0 Å². The lowest BCUT2D eigenvalue weighted by molar-refractivity contribution is 0.0602. The molecule has 27 heavy (non-hydrogen) atoms. The van der Waals surface area contributed by atoms with Crippen molar-refractivity contribution in [2.45, 2.75) is 32.2 Å². The van der Waals surface area contributed by atoms with Crippen molar-refractivity contribution in [3.8, 4) is 0 Å². The van der Waals surface area contributed by atoms with Crippen molar-refractivity contribution >= 4 is 50.9 Å². The first-order chi connectivity index (χ1) is 13.0. The number of halogens is 1. The van der Waals surface area contributed by atoms with Crippen LogP contribution >= 0.6 is 22.9 Å². The first-order valence-electron chi connectivity index (χ1n) is 8.54. The Bertz CT molecular complexity index is 844. The van der Waals surface area contributed by atoms with Gasteiger partial charge in [0.15, 0.2) is 0 Å². The summed E-state index contributed by atoms with van der Waals surface area (Å²) in [5, 5.41) is 15.0. The van der Waals surface area contributed by atoms with Gasteiger partial charge in [-0.3, -0.25) is 5.32 Å². The smallest absolute Gasteiger partial charge is 0.339 e. The van der Waals surface area contributed by atoms with Gasteiger partial charge in [-0.05, 0) is 44.4 Å². The van der Waals surface area contributed by atoms with E-state index in [0.29, 0.717) is 16.2 Å². The van der Waals surface area contributed by atoms with Gasteiger partial charge in [0.05, 0.1) is 18.4 Å². The number of urea groups is 1. The molecule has 1 atom stereocenters. The maximum Gasteiger partial charge on any atom is 0.339 e. The fourth-order valence-electron chi connectivity index (χ4n) is 2.92. The van der Waals surface area contributed by atoms with Gasteiger partial charge >= 0.3 is 12.0 Å². The summed E-state index contributed by atoms with van der Waals surface area (Å²) in [6.07, 6.45) is 3.46. The Kier molecular flexibility index (Phi) is 6.12. The van der Waals surface area contributed by atoms with Crippen LogP contribution in [0.25, 0.3) is 0 Å². The van der Waals surface area contributed by atoms with Crippen LogP contribution in [0.2, 0.25) is 5.02 Å². The van der Waals surface area contributed by atoms with Gasteiger partial charge < -0.3 is 15.0 Å². The van der Waals surface area contributed by atoms with E-state index in [1.807, 2.05) is 0 Å². The summed E-state index contributed by atoms with van der Waals surface area (Å²) in [5.74, 6) is -0.570. The minimum Gasteiger partial charge on any atom is -0.465 e. The molecule has 0 unspecified atom stereocenters. The van der Waals surface area contributed by atoms with E-state index in [1.165, 1.54) is 37.0 Å². The number of rotatable bonds is 4. The topological polar surface area (TPSA) is 96.4 Å². The Hall–Kier alpha value is -2.39. The van der Waals surface area contributed by atoms with Crippen LogP contribution in [0.3, 0.4) is 0 Å². The monoisotopic (exact) mass is 409 g/mol. The van der Waals surface area contributed by atoms with Crippen molar-refractivity contribution in [2.75, 3.05) is 29.2 Å². The van der Waals surface area contributed by atoms with Gasteiger partial charge in [0, 0.05) is 17.6 Å². The van der Waals surface area contributed by atoms with Gasteiger partial charge in [0.25, 0.3) is 0 Å². The third-order valence-corrected chi connectivity index (χ3v) is 5.43. The van der Waals surface area contributed by atoms with Gasteiger partial charge in [0.2, 0.25) is 10.3 Å². The molecule has 1 aliphatic heterocycles. The lowest BCUT2D eigenvalue weighted by atomic mass is 10.1. The van der Waals surface area contributed by atoms with Crippen LogP contribution in [0.4, 0.5) is 20.7 Å². The fraction of sp³-hybridized carbons (Fsp3) is 0.412. The molecule has 2 heterocycles. The van der Waals surface area contributed by atoms with Crippen LogP contribution in [-0.2, 0) is 4.74 Å². The van der Waals surface area contributed by atoms with Crippen LogP contribution in [-0.4, -0.2) is 41.9 Å². The molecule has 2 N–H and O–H groups in total. The van der Waals surface area contributed by atoms with E-state index in [2.05, 4.69) is 32.7 Å². The van der Waals surface area contributed by atoms with Gasteiger partial charge in [-0.25, -0.2) is 9.59 Å². The molecule has 1 fully saturated rings. The predicted octanol–water partition coefficient (Wildman–Crippen LogP) is 4.00. The molecule has 1 aromatic carbocycles. The second-order valence-electron chi connectivity index (χ2n) is 6.19. The number of carbonyl (C=O) groups excluding carboxylic acids is 2. The predicted molar refractivity (Wildman–Crippen MR) is 106 cm³/mol. The first-order valence-corrected chi connectivity index (χ1v) is 9.73. The summed E-state index contributed by atoms with van der Waals surface area (Å²) in [6, 6.07) is 4.38. The Labute approximate surface area is 165 Å². The van der Waals surface area contributed by atoms with E-state index in [-0.39, 0.29) is 11.3 Å². The molecule has 0 spiro atoms. The molecule has 1 aromatic heterocycles. The number of nitrogens with one attached hydrogen (secondary N) is 2.